The van der Waals surface area contributed by atoms with Crippen LogP contribution in [0.25, 0.3) is 22.3 Å². The van der Waals surface area contributed by atoms with E-state index in [0.29, 0.717) is 17.1 Å². The van der Waals surface area contributed by atoms with E-state index in [2.05, 4.69) is 0 Å². The molecule has 0 saturated heterocycles. The van der Waals surface area contributed by atoms with Gasteiger partial charge in [0.1, 0.15) is 28.2 Å². The molecule has 1 aromatic heterocycles. The van der Waals surface area contributed by atoms with E-state index < -0.39 is 0 Å². The number of rotatable bonds is 2. The molecular weight excluding hydrogens is 256 g/mol. The lowest BCUT2D eigenvalue weighted by Gasteiger charge is -2.06. The zero-order valence-electron chi connectivity index (χ0n) is 10.8. The minimum atomic E-state index is -0.276. The van der Waals surface area contributed by atoms with Gasteiger partial charge >= 0.3 is 0 Å². The first-order chi connectivity index (χ1) is 9.69. The topological polar surface area (TPSA) is 59.7 Å². The van der Waals surface area contributed by atoms with Gasteiger partial charge in [0.2, 0.25) is 0 Å². The maximum atomic E-state index is 12.1. The summed E-state index contributed by atoms with van der Waals surface area (Å²) in [5.74, 6) is 1.04. The highest BCUT2D eigenvalue weighted by Crippen LogP contribution is 2.28. The van der Waals surface area contributed by atoms with Gasteiger partial charge in [0.25, 0.3) is 0 Å². The van der Waals surface area contributed by atoms with E-state index in [1.54, 1.807) is 25.3 Å². The molecule has 4 heteroatoms. The summed E-state index contributed by atoms with van der Waals surface area (Å²) in [4.78, 5) is 12.1. The van der Waals surface area contributed by atoms with Gasteiger partial charge in [0.15, 0.2) is 5.43 Å². The van der Waals surface area contributed by atoms with Crippen LogP contribution in [0, 0.1) is 0 Å². The lowest BCUT2D eigenvalue weighted by atomic mass is 10.1. The number of phenolic OH excluding ortho intramolecular Hbond substituents is 1. The van der Waals surface area contributed by atoms with Crippen LogP contribution in [0.4, 0.5) is 0 Å². The molecule has 0 amide bonds. The smallest absolute Gasteiger partial charge is 0.197 e. The van der Waals surface area contributed by atoms with Crippen molar-refractivity contribution in [2.75, 3.05) is 7.11 Å². The SMILES string of the molecule is COc1cccc(-c2cc(=O)c3c(O)cccc3o2)c1. The number of hydrogen-bond acceptors (Lipinski definition) is 4. The number of hydrogen-bond donors (Lipinski definition) is 1. The lowest BCUT2D eigenvalue weighted by molar-refractivity contribution is 0.415. The van der Waals surface area contributed by atoms with Crippen molar-refractivity contribution in [3.05, 3.63) is 58.8 Å². The average Bonchev–Trinajstić information content (AvgIpc) is 2.47. The van der Waals surface area contributed by atoms with E-state index in [4.69, 9.17) is 9.15 Å². The maximum Gasteiger partial charge on any atom is 0.197 e. The Morgan fingerprint density at radius 3 is 2.70 bits per heavy atom. The van der Waals surface area contributed by atoms with Crippen LogP contribution in [0.3, 0.4) is 0 Å². The van der Waals surface area contributed by atoms with E-state index in [1.807, 2.05) is 18.2 Å². The van der Waals surface area contributed by atoms with Crippen LogP contribution in [0.1, 0.15) is 0 Å². The number of phenols is 1. The zero-order chi connectivity index (χ0) is 14.1. The monoisotopic (exact) mass is 268 g/mol. The minimum Gasteiger partial charge on any atom is -0.507 e. The molecule has 0 unspecified atom stereocenters. The zero-order valence-corrected chi connectivity index (χ0v) is 10.8. The van der Waals surface area contributed by atoms with Crippen molar-refractivity contribution in [1.82, 2.24) is 0 Å². The number of aromatic hydroxyl groups is 1. The summed E-state index contributed by atoms with van der Waals surface area (Å²) in [7, 11) is 1.58. The predicted molar refractivity (Wildman–Crippen MR) is 76.1 cm³/mol. The molecule has 0 fully saturated rings. The summed E-state index contributed by atoms with van der Waals surface area (Å²) in [6.07, 6.45) is 0. The van der Waals surface area contributed by atoms with Gasteiger partial charge in [-0.2, -0.15) is 0 Å². The first kappa shape index (κ1) is 12.3. The van der Waals surface area contributed by atoms with Crippen LogP contribution < -0.4 is 10.2 Å². The molecule has 3 rings (SSSR count). The van der Waals surface area contributed by atoms with Crippen LogP contribution in [0.2, 0.25) is 0 Å². The summed E-state index contributed by atoms with van der Waals surface area (Å²) in [5.41, 5.74) is 0.823. The molecule has 1 N–H and O–H groups in total. The molecule has 1 heterocycles. The fourth-order valence-corrected chi connectivity index (χ4v) is 2.11. The molecule has 2 aromatic carbocycles. The highest BCUT2D eigenvalue weighted by atomic mass is 16.5. The molecular formula is C16H12O4. The van der Waals surface area contributed by atoms with E-state index in [0.717, 1.165) is 5.56 Å². The van der Waals surface area contributed by atoms with E-state index in [1.165, 1.54) is 12.1 Å². The molecule has 100 valence electrons. The minimum absolute atomic E-state index is 0.0755. The molecule has 0 radical (unpaired) electrons. The second kappa shape index (κ2) is 4.74. The Kier molecular flexibility index (Phi) is 2.91. The number of benzene rings is 2. The fraction of sp³-hybridized carbons (Fsp3) is 0.0625. The van der Waals surface area contributed by atoms with Crippen molar-refractivity contribution in [1.29, 1.82) is 0 Å². The van der Waals surface area contributed by atoms with Gasteiger partial charge in [-0.1, -0.05) is 18.2 Å². The number of fused-ring (bicyclic) bond motifs is 1. The van der Waals surface area contributed by atoms with Gasteiger partial charge in [0, 0.05) is 11.6 Å². The van der Waals surface area contributed by atoms with Crippen LogP contribution in [-0.2, 0) is 0 Å². The van der Waals surface area contributed by atoms with Crippen molar-refractivity contribution in [2.45, 2.75) is 0 Å². The number of methoxy groups -OCH3 is 1. The molecule has 0 atom stereocenters. The van der Waals surface area contributed by atoms with Crippen molar-refractivity contribution in [2.24, 2.45) is 0 Å². The van der Waals surface area contributed by atoms with Gasteiger partial charge < -0.3 is 14.3 Å². The van der Waals surface area contributed by atoms with Gasteiger partial charge in [0.05, 0.1) is 7.11 Å². The van der Waals surface area contributed by atoms with Gasteiger partial charge in [-0.05, 0) is 24.3 Å². The summed E-state index contributed by atoms with van der Waals surface area (Å²) in [5, 5.41) is 9.91. The Morgan fingerprint density at radius 2 is 1.90 bits per heavy atom. The van der Waals surface area contributed by atoms with Crippen molar-refractivity contribution >= 4 is 11.0 Å². The first-order valence-corrected chi connectivity index (χ1v) is 6.09. The summed E-state index contributed by atoms with van der Waals surface area (Å²) in [6, 6.07) is 13.4. The summed E-state index contributed by atoms with van der Waals surface area (Å²) < 4.78 is 10.8. The lowest BCUT2D eigenvalue weighted by Crippen LogP contribution is -2.00. The third-order valence-electron chi connectivity index (χ3n) is 3.09. The summed E-state index contributed by atoms with van der Waals surface area (Å²) in [6.45, 7) is 0. The Hall–Kier alpha value is -2.75. The molecule has 0 spiro atoms. The fourth-order valence-electron chi connectivity index (χ4n) is 2.11. The molecule has 20 heavy (non-hydrogen) atoms. The Balaban J connectivity index is 2.25. The molecule has 0 saturated carbocycles. The predicted octanol–water partition coefficient (Wildman–Crippen LogP) is 3.17. The van der Waals surface area contributed by atoms with Crippen molar-refractivity contribution in [3.8, 4) is 22.8 Å². The van der Waals surface area contributed by atoms with Crippen molar-refractivity contribution < 1.29 is 14.3 Å². The Morgan fingerprint density at radius 1 is 1.10 bits per heavy atom. The third-order valence-corrected chi connectivity index (χ3v) is 3.09. The second-order valence-corrected chi connectivity index (χ2v) is 4.36. The first-order valence-electron chi connectivity index (χ1n) is 6.09. The van der Waals surface area contributed by atoms with Crippen molar-refractivity contribution in [3.63, 3.8) is 0 Å². The average molecular weight is 268 g/mol. The third kappa shape index (κ3) is 2.01. The molecule has 0 aliphatic heterocycles. The van der Waals surface area contributed by atoms with Crippen LogP contribution in [0.5, 0.6) is 11.5 Å². The Bertz CT molecular complexity index is 833. The van der Waals surface area contributed by atoms with Crippen LogP contribution in [0.15, 0.2) is 57.7 Å². The highest BCUT2D eigenvalue weighted by molar-refractivity contribution is 5.84. The largest absolute Gasteiger partial charge is 0.507 e. The van der Waals surface area contributed by atoms with Gasteiger partial charge in [-0.25, -0.2) is 0 Å². The molecule has 4 nitrogen and oxygen atoms in total. The van der Waals surface area contributed by atoms with E-state index in [-0.39, 0.29) is 16.6 Å². The molecule has 0 aliphatic carbocycles. The van der Waals surface area contributed by atoms with E-state index >= 15 is 0 Å². The summed E-state index contributed by atoms with van der Waals surface area (Å²) >= 11 is 0. The molecule has 3 aromatic rings. The van der Waals surface area contributed by atoms with Gasteiger partial charge in [-0.3, -0.25) is 4.79 Å². The molecule has 0 aliphatic rings. The number of ether oxygens (including phenoxy) is 1. The normalized spacial score (nSPS) is 10.7. The Labute approximate surface area is 114 Å². The van der Waals surface area contributed by atoms with Crippen LogP contribution in [-0.4, -0.2) is 12.2 Å². The highest BCUT2D eigenvalue weighted by Gasteiger charge is 2.10. The van der Waals surface area contributed by atoms with E-state index in [9.17, 15) is 9.90 Å². The second-order valence-electron chi connectivity index (χ2n) is 4.36. The maximum absolute atomic E-state index is 12.1. The van der Waals surface area contributed by atoms with Crippen LogP contribution >= 0.6 is 0 Å². The quantitative estimate of drug-likeness (QED) is 0.775. The molecule has 0 bridgehead atoms. The standard InChI is InChI=1S/C16H12O4/c1-19-11-5-2-4-10(8-11)15-9-13(18)16-12(17)6-3-7-14(16)20-15/h2-9,17H,1H3. The van der Waals surface area contributed by atoms with Gasteiger partial charge in [-0.15, -0.1) is 0 Å².